The molecule has 11 heteroatoms. The van der Waals surface area contributed by atoms with Crippen molar-refractivity contribution in [3.05, 3.63) is 89.1 Å². The van der Waals surface area contributed by atoms with E-state index in [-0.39, 0.29) is 36.0 Å². The summed E-state index contributed by atoms with van der Waals surface area (Å²) in [5, 5.41) is 20.7. The number of nitrogens with one attached hydrogen (secondary N) is 5. The van der Waals surface area contributed by atoms with Gasteiger partial charge in [0.1, 0.15) is 0 Å². The van der Waals surface area contributed by atoms with Crippen LogP contribution in [0.25, 0.3) is 0 Å². The number of hydrogen-bond acceptors (Lipinski definition) is 6. The monoisotopic (exact) mass is 626 g/mol. The highest BCUT2D eigenvalue weighted by molar-refractivity contribution is 6.00. The number of aromatic nitrogens is 2. The average Bonchev–Trinajstić information content (AvgIpc) is 3.54. The first-order chi connectivity index (χ1) is 22.0. The molecule has 1 aromatic heterocycles. The van der Waals surface area contributed by atoms with Crippen molar-refractivity contribution in [3.63, 3.8) is 0 Å². The smallest absolute Gasteiger partial charge is 0.319 e. The number of aromatic amines is 1. The van der Waals surface area contributed by atoms with Gasteiger partial charge >= 0.3 is 6.03 Å². The maximum atomic E-state index is 13.7. The van der Waals surface area contributed by atoms with Crippen LogP contribution in [0.1, 0.15) is 79.7 Å². The van der Waals surface area contributed by atoms with Crippen LogP contribution in [0.4, 0.5) is 16.3 Å². The minimum Gasteiger partial charge on any atom is -0.366 e. The van der Waals surface area contributed by atoms with Gasteiger partial charge in [0.25, 0.3) is 5.91 Å². The lowest BCUT2D eigenvalue weighted by molar-refractivity contribution is -0.111. The molecule has 4 amide bonds. The summed E-state index contributed by atoms with van der Waals surface area (Å²) in [6, 6.07) is 16.8. The Kier molecular flexibility index (Phi) is 10.1. The molecule has 0 saturated heterocycles. The second kappa shape index (κ2) is 14.2. The van der Waals surface area contributed by atoms with Gasteiger partial charge in [-0.25, -0.2) is 4.79 Å². The van der Waals surface area contributed by atoms with Gasteiger partial charge in [-0.3, -0.25) is 14.7 Å². The van der Waals surface area contributed by atoms with Crippen LogP contribution in [0.5, 0.6) is 0 Å². The molecule has 3 atom stereocenters. The highest BCUT2D eigenvalue weighted by Gasteiger charge is 2.44. The van der Waals surface area contributed by atoms with Crippen molar-refractivity contribution in [1.29, 1.82) is 0 Å². The van der Waals surface area contributed by atoms with E-state index in [0.29, 0.717) is 24.3 Å². The number of H-pyrrole nitrogens is 1. The van der Waals surface area contributed by atoms with Crippen LogP contribution < -0.4 is 21.3 Å². The first kappa shape index (κ1) is 32.7. The fourth-order valence-electron chi connectivity index (χ4n) is 6.43. The van der Waals surface area contributed by atoms with Gasteiger partial charge in [0.15, 0.2) is 5.82 Å². The van der Waals surface area contributed by atoms with Crippen molar-refractivity contribution in [1.82, 2.24) is 30.6 Å². The van der Waals surface area contributed by atoms with E-state index in [4.69, 9.17) is 0 Å². The lowest BCUT2D eigenvalue weighted by atomic mass is 9.90. The molecule has 46 heavy (non-hydrogen) atoms. The van der Waals surface area contributed by atoms with E-state index in [2.05, 4.69) is 36.4 Å². The molecule has 1 aliphatic heterocycles. The molecule has 1 aliphatic carbocycles. The van der Waals surface area contributed by atoms with Crippen LogP contribution in [0, 0.1) is 0 Å². The third-order valence-corrected chi connectivity index (χ3v) is 8.85. The molecule has 0 bridgehead atoms. The number of likely N-dealkylation sites (N-methyl/N-ethyl adjacent to an activating group) is 1. The van der Waals surface area contributed by atoms with Crippen molar-refractivity contribution < 1.29 is 14.4 Å². The lowest BCUT2D eigenvalue weighted by Gasteiger charge is -2.34. The summed E-state index contributed by atoms with van der Waals surface area (Å²) in [5.41, 5.74) is 3.60. The number of carbonyl (C=O) groups excluding carboxylic acids is 3. The molecule has 244 valence electrons. The molecule has 2 aromatic carbocycles. The third kappa shape index (κ3) is 7.59. The van der Waals surface area contributed by atoms with Gasteiger partial charge < -0.3 is 31.1 Å². The Morgan fingerprint density at radius 3 is 2.48 bits per heavy atom. The number of benzene rings is 2. The zero-order valence-corrected chi connectivity index (χ0v) is 27.4. The Balaban J connectivity index is 1.19. The first-order valence-corrected chi connectivity index (χ1v) is 16.0. The Labute approximate surface area is 271 Å². The molecule has 2 aliphatic rings. The van der Waals surface area contributed by atoms with Gasteiger partial charge in [-0.05, 0) is 96.5 Å². The van der Waals surface area contributed by atoms with Gasteiger partial charge in [-0.2, -0.15) is 5.10 Å². The molecule has 0 spiro atoms. The number of rotatable bonds is 10. The van der Waals surface area contributed by atoms with E-state index in [9.17, 15) is 14.4 Å². The predicted molar refractivity (Wildman–Crippen MR) is 180 cm³/mol. The summed E-state index contributed by atoms with van der Waals surface area (Å²) >= 11 is 0. The van der Waals surface area contributed by atoms with E-state index in [1.807, 2.05) is 63.2 Å². The maximum absolute atomic E-state index is 13.7. The molecule has 1 fully saturated rings. The number of amides is 4. The van der Waals surface area contributed by atoms with Crippen molar-refractivity contribution in [2.24, 2.45) is 0 Å². The van der Waals surface area contributed by atoms with Crippen molar-refractivity contribution in [2.75, 3.05) is 31.3 Å². The minimum absolute atomic E-state index is 0.0187. The minimum atomic E-state index is -0.570. The number of urea groups is 1. The van der Waals surface area contributed by atoms with Gasteiger partial charge in [-0.15, -0.1) is 0 Å². The van der Waals surface area contributed by atoms with Crippen LogP contribution in [0.2, 0.25) is 0 Å². The molecule has 5 rings (SSSR count). The Hall–Kier alpha value is -4.64. The van der Waals surface area contributed by atoms with Gasteiger partial charge in [0.05, 0.1) is 23.8 Å². The largest absolute Gasteiger partial charge is 0.366 e. The maximum Gasteiger partial charge on any atom is 0.319 e. The Morgan fingerprint density at radius 2 is 1.78 bits per heavy atom. The summed E-state index contributed by atoms with van der Waals surface area (Å²) < 4.78 is 0. The van der Waals surface area contributed by atoms with Crippen LogP contribution in [-0.2, 0) is 16.9 Å². The van der Waals surface area contributed by atoms with Crippen molar-refractivity contribution in [2.45, 2.75) is 76.7 Å². The summed E-state index contributed by atoms with van der Waals surface area (Å²) in [6.45, 7) is 6.99. The van der Waals surface area contributed by atoms with E-state index < -0.39 is 5.54 Å². The van der Waals surface area contributed by atoms with Gasteiger partial charge in [0, 0.05) is 35.4 Å². The Morgan fingerprint density at radius 1 is 1.07 bits per heavy atom. The van der Waals surface area contributed by atoms with Crippen LogP contribution >= 0.6 is 0 Å². The molecule has 11 nitrogen and oxygen atoms in total. The topological polar surface area (TPSA) is 134 Å². The van der Waals surface area contributed by atoms with Crippen molar-refractivity contribution in [3.8, 4) is 0 Å². The molecule has 0 radical (unpaired) electrons. The second-order valence-corrected chi connectivity index (χ2v) is 13.0. The zero-order chi connectivity index (χ0) is 32.8. The standard InChI is InChI=1S/C35H46N8O3/c1-6-11-30(44)36-25-18-16-24(17-19-25)33(45)38-27-15-10-14-26(20-27)37-32-28-21-43(35(2,3)31(28)40-41-32)34(46)39-29(22-42(4)5)23-12-8-7-9-13-23/h6-9,11-13,16-19,26-27,29H,10,14-15,20-22H2,1-5H3,(H,36,44)(H,38,45)(H,39,46)(H2,37,40,41)/b11-6+/t26-,27+,29-/m1/s1. The zero-order valence-electron chi connectivity index (χ0n) is 27.4. The van der Waals surface area contributed by atoms with Gasteiger partial charge in [-0.1, -0.05) is 36.4 Å². The summed E-state index contributed by atoms with van der Waals surface area (Å²) in [5.74, 6) is 0.419. The molecule has 5 N–H and O–H groups in total. The van der Waals surface area contributed by atoms with E-state index in [1.54, 1.807) is 37.3 Å². The van der Waals surface area contributed by atoms with Crippen LogP contribution in [0.3, 0.4) is 0 Å². The number of fused-ring (bicyclic) bond motifs is 1. The lowest BCUT2D eigenvalue weighted by Crippen LogP contribution is -2.48. The molecule has 2 heterocycles. The third-order valence-electron chi connectivity index (χ3n) is 8.85. The molecule has 0 unspecified atom stereocenters. The van der Waals surface area contributed by atoms with E-state index in [0.717, 1.165) is 48.3 Å². The number of hydrogen-bond donors (Lipinski definition) is 5. The average molecular weight is 627 g/mol. The number of allylic oxidation sites excluding steroid dienone is 1. The number of carbonyl (C=O) groups is 3. The fraction of sp³-hybridized carbons (Fsp3) is 0.429. The quantitative estimate of drug-likeness (QED) is 0.198. The second-order valence-electron chi connectivity index (χ2n) is 13.0. The first-order valence-electron chi connectivity index (χ1n) is 16.0. The molecule has 1 saturated carbocycles. The Bertz CT molecular complexity index is 1550. The molecule has 3 aromatic rings. The predicted octanol–water partition coefficient (Wildman–Crippen LogP) is 5.14. The molecular weight excluding hydrogens is 580 g/mol. The summed E-state index contributed by atoms with van der Waals surface area (Å²) in [4.78, 5) is 42.5. The van der Waals surface area contributed by atoms with Crippen LogP contribution in [-0.4, -0.2) is 70.6 Å². The number of anilines is 2. The summed E-state index contributed by atoms with van der Waals surface area (Å²) in [6.07, 6.45) is 6.72. The molecular formula is C35H46N8O3. The summed E-state index contributed by atoms with van der Waals surface area (Å²) in [7, 11) is 4.01. The van der Waals surface area contributed by atoms with Gasteiger partial charge in [0.2, 0.25) is 5.91 Å². The van der Waals surface area contributed by atoms with E-state index in [1.165, 1.54) is 6.08 Å². The fourth-order valence-corrected chi connectivity index (χ4v) is 6.43. The van der Waals surface area contributed by atoms with Crippen molar-refractivity contribution >= 4 is 29.4 Å². The van der Waals surface area contributed by atoms with Crippen LogP contribution in [0.15, 0.2) is 66.7 Å². The van der Waals surface area contributed by atoms with E-state index >= 15 is 0 Å². The number of nitrogens with zero attached hydrogens (tertiary/aromatic N) is 3. The SMILES string of the molecule is C/C=C/C(=O)Nc1ccc(C(=O)N[C@H]2CCC[C@@H](Nc3n[nH]c4c3CN(C(=O)N[C@H](CN(C)C)c3ccccc3)C4(C)C)C2)cc1. The highest BCUT2D eigenvalue weighted by Crippen LogP contribution is 2.41. The normalized spacial score (nSPS) is 19.5. The highest BCUT2D eigenvalue weighted by atomic mass is 16.2.